The van der Waals surface area contributed by atoms with Crippen molar-refractivity contribution in [2.45, 2.75) is 50.2 Å². The van der Waals surface area contributed by atoms with Gasteiger partial charge in [0.15, 0.2) is 5.60 Å². The number of fused-ring (bicyclic) bond motifs is 4. The van der Waals surface area contributed by atoms with E-state index in [0.717, 1.165) is 73.4 Å². The topological polar surface area (TPSA) is 81.1 Å². The zero-order valence-electron chi connectivity index (χ0n) is 21.9. The quantitative estimate of drug-likeness (QED) is 0.683. The van der Waals surface area contributed by atoms with Gasteiger partial charge in [-0.15, -0.1) is 0 Å². The third-order valence-corrected chi connectivity index (χ3v) is 8.90. The first-order chi connectivity index (χ1) is 18.0. The SMILES string of the molecule is Cc1ccc2c(c1)OC1(CCN(C(=O)OCC3CC3)CC1)c1c-2nc(N2CCC3(CNCCO3)C2)n1C. The average Bonchev–Trinajstić information content (AvgIpc) is 3.55. The number of imidazole rings is 1. The Morgan fingerprint density at radius 1 is 1.22 bits per heavy atom. The van der Waals surface area contributed by atoms with Crippen LogP contribution in [0.5, 0.6) is 5.75 Å². The van der Waals surface area contributed by atoms with E-state index in [1.54, 1.807) is 0 Å². The fourth-order valence-electron chi connectivity index (χ4n) is 6.59. The number of aryl methyl sites for hydroxylation is 1. The number of benzene rings is 1. The van der Waals surface area contributed by atoms with Crippen LogP contribution in [0.1, 0.15) is 43.4 Å². The molecule has 0 bridgehead atoms. The molecule has 3 saturated heterocycles. The number of piperidine rings is 1. The molecule has 2 aromatic rings. The van der Waals surface area contributed by atoms with E-state index >= 15 is 0 Å². The Balaban J connectivity index is 1.20. The summed E-state index contributed by atoms with van der Waals surface area (Å²) in [4.78, 5) is 22.2. The number of likely N-dealkylation sites (tertiary alicyclic amines) is 1. The second kappa shape index (κ2) is 8.63. The number of aromatic nitrogens is 2. The second-order valence-electron chi connectivity index (χ2n) is 11.7. The van der Waals surface area contributed by atoms with Crippen molar-refractivity contribution in [2.24, 2.45) is 13.0 Å². The van der Waals surface area contributed by atoms with Crippen LogP contribution in [0, 0.1) is 12.8 Å². The maximum Gasteiger partial charge on any atom is 0.409 e. The van der Waals surface area contributed by atoms with E-state index in [1.807, 2.05) is 4.90 Å². The third kappa shape index (κ3) is 3.98. The van der Waals surface area contributed by atoms with Gasteiger partial charge in [0.25, 0.3) is 0 Å². The second-order valence-corrected chi connectivity index (χ2v) is 11.7. The minimum Gasteiger partial charge on any atom is -0.480 e. The van der Waals surface area contributed by atoms with E-state index in [9.17, 15) is 4.79 Å². The van der Waals surface area contributed by atoms with Crippen LogP contribution >= 0.6 is 0 Å². The summed E-state index contributed by atoms with van der Waals surface area (Å²) in [6.07, 6.45) is 4.57. The fourth-order valence-corrected chi connectivity index (χ4v) is 6.59. The van der Waals surface area contributed by atoms with Crippen LogP contribution in [0.2, 0.25) is 0 Å². The zero-order valence-corrected chi connectivity index (χ0v) is 21.9. The Hall–Kier alpha value is -2.78. The number of carbonyl (C=O) groups excluding carboxylic acids is 1. The number of hydrogen-bond acceptors (Lipinski definition) is 7. The lowest BCUT2D eigenvalue weighted by atomic mass is 9.83. The number of ether oxygens (including phenoxy) is 3. The van der Waals surface area contributed by atoms with Gasteiger partial charge in [-0.1, -0.05) is 6.07 Å². The van der Waals surface area contributed by atoms with Gasteiger partial charge in [-0.05, 0) is 49.8 Å². The summed E-state index contributed by atoms with van der Waals surface area (Å²) in [5.74, 6) is 2.43. The van der Waals surface area contributed by atoms with Crippen LogP contribution in [-0.4, -0.2) is 78.6 Å². The van der Waals surface area contributed by atoms with E-state index in [1.165, 1.54) is 12.8 Å². The summed E-state index contributed by atoms with van der Waals surface area (Å²) in [6, 6.07) is 6.39. The molecule has 1 unspecified atom stereocenters. The highest BCUT2D eigenvalue weighted by atomic mass is 16.6. The summed E-state index contributed by atoms with van der Waals surface area (Å²) in [5, 5.41) is 3.51. The lowest BCUT2D eigenvalue weighted by molar-refractivity contribution is -0.0496. The first kappa shape index (κ1) is 23.3. The summed E-state index contributed by atoms with van der Waals surface area (Å²) in [7, 11) is 2.12. The molecule has 9 heteroatoms. The number of carbonyl (C=O) groups is 1. The number of nitrogens with zero attached hydrogens (tertiary/aromatic N) is 4. The molecular formula is C28H37N5O4. The van der Waals surface area contributed by atoms with Gasteiger partial charge >= 0.3 is 6.09 Å². The van der Waals surface area contributed by atoms with Crippen molar-refractivity contribution < 1.29 is 19.0 Å². The Morgan fingerprint density at radius 2 is 2.05 bits per heavy atom. The third-order valence-electron chi connectivity index (χ3n) is 8.90. The van der Waals surface area contributed by atoms with Crippen LogP contribution in [0.4, 0.5) is 10.7 Å². The molecule has 1 saturated carbocycles. The summed E-state index contributed by atoms with van der Waals surface area (Å²) >= 11 is 0. The summed E-state index contributed by atoms with van der Waals surface area (Å²) in [6.45, 7) is 8.17. The first-order valence-corrected chi connectivity index (χ1v) is 13.8. The molecule has 0 radical (unpaired) electrons. The molecule has 4 fully saturated rings. The molecule has 1 N–H and O–H groups in total. The van der Waals surface area contributed by atoms with Gasteiger partial charge in [-0.3, -0.25) is 0 Å². The molecule has 2 spiro atoms. The molecular weight excluding hydrogens is 470 g/mol. The Labute approximate surface area is 218 Å². The van der Waals surface area contributed by atoms with Crippen LogP contribution in [0.25, 0.3) is 11.3 Å². The number of anilines is 1. The van der Waals surface area contributed by atoms with Crippen molar-refractivity contribution >= 4 is 12.0 Å². The fraction of sp³-hybridized carbons (Fsp3) is 0.643. The van der Waals surface area contributed by atoms with Crippen LogP contribution in [0.15, 0.2) is 18.2 Å². The number of nitrogens with one attached hydrogen (secondary N) is 1. The molecule has 1 aromatic carbocycles. The van der Waals surface area contributed by atoms with Crippen LogP contribution < -0.4 is 15.0 Å². The molecule has 4 aliphatic heterocycles. The maximum absolute atomic E-state index is 12.7. The predicted molar refractivity (Wildman–Crippen MR) is 139 cm³/mol. The van der Waals surface area contributed by atoms with Gasteiger partial charge in [0.2, 0.25) is 5.95 Å². The van der Waals surface area contributed by atoms with E-state index in [4.69, 9.17) is 19.2 Å². The Morgan fingerprint density at radius 3 is 2.81 bits per heavy atom. The molecule has 1 amide bonds. The van der Waals surface area contributed by atoms with Crippen molar-refractivity contribution in [1.29, 1.82) is 0 Å². The van der Waals surface area contributed by atoms with Gasteiger partial charge in [-0.25, -0.2) is 9.78 Å². The average molecular weight is 508 g/mol. The predicted octanol–water partition coefficient (Wildman–Crippen LogP) is 3.19. The smallest absolute Gasteiger partial charge is 0.409 e. The molecule has 1 aliphatic carbocycles. The monoisotopic (exact) mass is 507 g/mol. The van der Waals surface area contributed by atoms with E-state index in [-0.39, 0.29) is 11.7 Å². The van der Waals surface area contributed by atoms with Gasteiger partial charge in [-0.2, -0.15) is 0 Å². The molecule has 7 rings (SSSR count). The number of morpholine rings is 1. The minimum absolute atomic E-state index is 0.139. The first-order valence-electron chi connectivity index (χ1n) is 13.8. The molecule has 9 nitrogen and oxygen atoms in total. The van der Waals surface area contributed by atoms with Crippen LogP contribution in [0.3, 0.4) is 0 Å². The Bertz CT molecular complexity index is 1210. The van der Waals surface area contributed by atoms with E-state index < -0.39 is 5.60 Å². The van der Waals surface area contributed by atoms with Crippen molar-refractivity contribution in [3.8, 4) is 17.0 Å². The minimum atomic E-state index is -0.524. The van der Waals surface area contributed by atoms with Gasteiger partial charge < -0.3 is 33.9 Å². The molecule has 198 valence electrons. The Kier molecular flexibility index (Phi) is 5.44. The number of amides is 1. The van der Waals surface area contributed by atoms with Gasteiger partial charge in [0.05, 0.1) is 31.1 Å². The van der Waals surface area contributed by atoms with Crippen molar-refractivity contribution in [2.75, 3.05) is 57.4 Å². The number of hydrogen-bond donors (Lipinski definition) is 1. The summed E-state index contributed by atoms with van der Waals surface area (Å²) < 4.78 is 21.0. The molecule has 37 heavy (non-hydrogen) atoms. The largest absolute Gasteiger partial charge is 0.480 e. The van der Waals surface area contributed by atoms with Gasteiger partial charge in [0.1, 0.15) is 11.4 Å². The molecule has 5 heterocycles. The normalized spacial score (nSPS) is 26.2. The van der Waals surface area contributed by atoms with Gasteiger partial charge in [0, 0.05) is 58.2 Å². The number of rotatable bonds is 3. The molecule has 1 aromatic heterocycles. The highest BCUT2D eigenvalue weighted by Crippen LogP contribution is 2.51. The van der Waals surface area contributed by atoms with Crippen molar-refractivity contribution in [3.63, 3.8) is 0 Å². The maximum atomic E-state index is 12.7. The highest BCUT2D eigenvalue weighted by Gasteiger charge is 2.49. The van der Waals surface area contributed by atoms with Crippen molar-refractivity contribution in [3.05, 3.63) is 29.5 Å². The lowest BCUT2D eigenvalue weighted by Gasteiger charge is -2.44. The standard InChI is InChI=1S/C28H37N5O4/c1-19-3-6-21-22(15-19)37-28(8-12-32(13-9-28)26(34)35-16-20-4-5-20)24-23(21)30-25(31(24)2)33-11-7-27(18-33)17-29-10-14-36-27/h3,6,15,20,29H,4-5,7-14,16-18H2,1-2H3. The van der Waals surface area contributed by atoms with Crippen LogP contribution in [-0.2, 0) is 22.1 Å². The van der Waals surface area contributed by atoms with E-state index in [0.29, 0.717) is 38.5 Å². The van der Waals surface area contributed by atoms with E-state index in [2.05, 4.69) is 47.0 Å². The molecule has 5 aliphatic rings. The molecule has 1 atom stereocenters. The van der Waals surface area contributed by atoms with Crippen molar-refractivity contribution in [1.82, 2.24) is 19.8 Å². The highest BCUT2D eigenvalue weighted by molar-refractivity contribution is 5.75. The lowest BCUT2D eigenvalue weighted by Crippen LogP contribution is -2.51. The summed E-state index contributed by atoms with van der Waals surface area (Å²) in [5.41, 5.74) is 3.67. The zero-order chi connectivity index (χ0) is 25.2.